The Balaban J connectivity index is 2.84. The number of hydrogen-bond donors (Lipinski definition) is 1. The van der Waals surface area contributed by atoms with Crippen LogP contribution in [0.25, 0.3) is 0 Å². The van der Waals surface area contributed by atoms with Gasteiger partial charge in [-0.15, -0.1) is 0 Å². The molecular weight excluding hydrogens is 275 g/mol. The van der Waals surface area contributed by atoms with Crippen molar-refractivity contribution < 1.29 is 9.18 Å². The van der Waals surface area contributed by atoms with Gasteiger partial charge in [-0.2, -0.15) is 0 Å². The predicted octanol–water partition coefficient (Wildman–Crippen LogP) is 2.88. The minimum absolute atomic E-state index is 0.0260. The van der Waals surface area contributed by atoms with Crippen LogP contribution in [0.3, 0.4) is 0 Å². The summed E-state index contributed by atoms with van der Waals surface area (Å²) in [6, 6.07) is 6.14. The summed E-state index contributed by atoms with van der Waals surface area (Å²) >= 11 is 4.87. The van der Waals surface area contributed by atoms with E-state index in [9.17, 15) is 9.18 Å². The normalized spacial score (nSPS) is 11.2. The number of amides is 1. The monoisotopic (exact) mass is 296 g/mol. The van der Waals surface area contributed by atoms with Crippen molar-refractivity contribution in [2.75, 3.05) is 6.54 Å². The van der Waals surface area contributed by atoms with E-state index in [1.54, 1.807) is 17.0 Å². The van der Waals surface area contributed by atoms with Gasteiger partial charge in [0.1, 0.15) is 5.82 Å². The lowest BCUT2D eigenvalue weighted by atomic mass is 9.94. The molecule has 0 atom stereocenters. The van der Waals surface area contributed by atoms with E-state index >= 15 is 0 Å². The van der Waals surface area contributed by atoms with E-state index < -0.39 is 5.41 Å². The van der Waals surface area contributed by atoms with Gasteiger partial charge in [0.2, 0.25) is 5.91 Å². The molecule has 5 heteroatoms. The number of thiocarbonyl (C=S) groups is 1. The SMILES string of the molecule is CC(C)(C)C(=O)N(CCC(N)=S)Cc1ccc(F)cc1. The Labute approximate surface area is 125 Å². The summed E-state index contributed by atoms with van der Waals surface area (Å²) in [5, 5.41) is 0. The lowest BCUT2D eigenvalue weighted by Crippen LogP contribution is -2.40. The standard InChI is InChI=1S/C15H21FN2OS/c1-15(2,3)14(19)18(9-8-13(17)20)10-11-4-6-12(16)7-5-11/h4-7H,8-10H2,1-3H3,(H2,17,20). The van der Waals surface area contributed by atoms with Gasteiger partial charge in [-0.3, -0.25) is 4.79 Å². The Morgan fingerprint density at radius 2 is 1.85 bits per heavy atom. The van der Waals surface area contributed by atoms with Gasteiger partial charge in [0, 0.05) is 24.9 Å². The summed E-state index contributed by atoms with van der Waals surface area (Å²) in [7, 11) is 0. The molecule has 0 aliphatic rings. The quantitative estimate of drug-likeness (QED) is 0.850. The number of halogens is 1. The Morgan fingerprint density at radius 3 is 2.30 bits per heavy atom. The molecule has 0 fully saturated rings. The maximum atomic E-state index is 12.9. The average molecular weight is 296 g/mol. The van der Waals surface area contributed by atoms with Gasteiger partial charge in [-0.25, -0.2) is 4.39 Å². The first-order valence-electron chi connectivity index (χ1n) is 6.52. The van der Waals surface area contributed by atoms with Crippen LogP contribution < -0.4 is 5.73 Å². The molecule has 0 saturated heterocycles. The van der Waals surface area contributed by atoms with Gasteiger partial charge in [0.25, 0.3) is 0 Å². The van der Waals surface area contributed by atoms with Crippen LogP contribution in [0.4, 0.5) is 4.39 Å². The van der Waals surface area contributed by atoms with Gasteiger partial charge >= 0.3 is 0 Å². The summed E-state index contributed by atoms with van der Waals surface area (Å²) in [5.41, 5.74) is 5.91. The molecule has 1 aromatic rings. The van der Waals surface area contributed by atoms with Crippen LogP contribution in [0.1, 0.15) is 32.8 Å². The number of rotatable bonds is 5. The molecule has 0 aliphatic heterocycles. The first-order valence-corrected chi connectivity index (χ1v) is 6.93. The predicted molar refractivity (Wildman–Crippen MR) is 82.7 cm³/mol. The zero-order valence-corrected chi connectivity index (χ0v) is 13.0. The van der Waals surface area contributed by atoms with E-state index in [-0.39, 0.29) is 11.7 Å². The summed E-state index contributed by atoms with van der Waals surface area (Å²) in [4.78, 5) is 14.5. The highest BCUT2D eigenvalue weighted by Crippen LogP contribution is 2.19. The highest BCUT2D eigenvalue weighted by atomic mass is 32.1. The molecule has 0 bridgehead atoms. The second kappa shape index (κ2) is 6.79. The maximum absolute atomic E-state index is 12.9. The van der Waals surface area contributed by atoms with Gasteiger partial charge in [0.15, 0.2) is 0 Å². The topological polar surface area (TPSA) is 46.3 Å². The summed E-state index contributed by atoms with van der Waals surface area (Å²) in [6.45, 7) is 6.51. The smallest absolute Gasteiger partial charge is 0.228 e. The van der Waals surface area contributed by atoms with Crippen LogP contribution in [0.5, 0.6) is 0 Å². The number of hydrogen-bond acceptors (Lipinski definition) is 2. The molecule has 1 amide bonds. The van der Waals surface area contributed by atoms with Crippen LogP contribution in [0.15, 0.2) is 24.3 Å². The highest BCUT2D eigenvalue weighted by molar-refractivity contribution is 7.80. The second-order valence-corrected chi connectivity index (χ2v) is 6.34. The van der Waals surface area contributed by atoms with Crippen molar-refractivity contribution in [3.8, 4) is 0 Å². The lowest BCUT2D eigenvalue weighted by Gasteiger charge is -2.29. The van der Waals surface area contributed by atoms with Crippen LogP contribution >= 0.6 is 12.2 Å². The van der Waals surface area contributed by atoms with Crippen molar-refractivity contribution >= 4 is 23.1 Å². The number of carbonyl (C=O) groups is 1. The van der Waals surface area contributed by atoms with Crippen molar-refractivity contribution in [2.45, 2.75) is 33.7 Å². The van der Waals surface area contributed by atoms with E-state index in [4.69, 9.17) is 18.0 Å². The molecule has 0 radical (unpaired) electrons. The van der Waals surface area contributed by atoms with Crippen LogP contribution in [-0.2, 0) is 11.3 Å². The fourth-order valence-electron chi connectivity index (χ4n) is 1.78. The van der Waals surface area contributed by atoms with Crippen molar-refractivity contribution in [2.24, 2.45) is 11.1 Å². The fourth-order valence-corrected chi connectivity index (χ4v) is 1.87. The van der Waals surface area contributed by atoms with Crippen LogP contribution in [0.2, 0.25) is 0 Å². The highest BCUT2D eigenvalue weighted by Gasteiger charge is 2.27. The van der Waals surface area contributed by atoms with Crippen molar-refractivity contribution in [3.05, 3.63) is 35.6 Å². The number of carbonyl (C=O) groups excluding carboxylic acids is 1. The third-order valence-electron chi connectivity index (χ3n) is 2.84. The second-order valence-electron chi connectivity index (χ2n) is 5.82. The van der Waals surface area contributed by atoms with Gasteiger partial charge in [-0.1, -0.05) is 45.1 Å². The average Bonchev–Trinajstić information content (AvgIpc) is 2.34. The van der Waals surface area contributed by atoms with Crippen molar-refractivity contribution in [1.29, 1.82) is 0 Å². The Hall–Kier alpha value is -1.49. The Bertz CT molecular complexity index is 480. The van der Waals surface area contributed by atoms with E-state index in [0.29, 0.717) is 24.5 Å². The largest absolute Gasteiger partial charge is 0.393 e. The van der Waals surface area contributed by atoms with Crippen molar-refractivity contribution in [1.82, 2.24) is 4.90 Å². The molecule has 110 valence electrons. The van der Waals surface area contributed by atoms with E-state index in [2.05, 4.69) is 0 Å². The third kappa shape index (κ3) is 5.25. The number of nitrogens with zero attached hydrogens (tertiary/aromatic N) is 1. The number of benzene rings is 1. The van der Waals surface area contributed by atoms with Crippen LogP contribution in [-0.4, -0.2) is 22.3 Å². The summed E-state index contributed by atoms with van der Waals surface area (Å²) in [5.74, 6) is -0.261. The molecule has 0 aromatic heterocycles. The molecule has 3 nitrogen and oxygen atoms in total. The summed E-state index contributed by atoms with van der Waals surface area (Å²) < 4.78 is 12.9. The molecule has 0 aliphatic carbocycles. The molecule has 0 saturated carbocycles. The first-order chi connectivity index (χ1) is 9.20. The van der Waals surface area contributed by atoms with Gasteiger partial charge in [-0.05, 0) is 17.7 Å². The Morgan fingerprint density at radius 1 is 1.30 bits per heavy atom. The molecule has 0 heterocycles. The third-order valence-corrected chi connectivity index (χ3v) is 3.05. The van der Waals surface area contributed by atoms with E-state index in [1.165, 1.54) is 12.1 Å². The Kier molecular flexibility index (Phi) is 5.62. The molecule has 1 aromatic carbocycles. The van der Waals surface area contributed by atoms with Gasteiger partial charge < -0.3 is 10.6 Å². The lowest BCUT2D eigenvalue weighted by molar-refractivity contribution is -0.140. The number of nitrogens with two attached hydrogens (primary N) is 1. The minimum Gasteiger partial charge on any atom is -0.393 e. The van der Waals surface area contributed by atoms with E-state index in [0.717, 1.165) is 5.56 Å². The fraction of sp³-hybridized carbons (Fsp3) is 0.467. The molecule has 20 heavy (non-hydrogen) atoms. The zero-order valence-electron chi connectivity index (χ0n) is 12.1. The molecule has 0 unspecified atom stereocenters. The van der Waals surface area contributed by atoms with E-state index in [1.807, 2.05) is 20.8 Å². The first kappa shape index (κ1) is 16.6. The maximum Gasteiger partial charge on any atom is 0.228 e. The van der Waals surface area contributed by atoms with Crippen molar-refractivity contribution in [3.63, 3.8) is 0 Å². The minimum atomic E-state index is -0.476. The zero-order chi connectivity index (χ0) is 15.3. The van der Waals surface area contributed by atoms with Crippen LogP contribution in [0, 0.1) is 11.2 Å². The molecule has 0 spiro atoms. The summed E-state index contributed by atoms with van der Waals surface area (Å²) in [6.07, 6.45) is 0.484. The molecular formula is C15H21FN2OS. The molecule has 2 N–H and O–H groups in total. The molecule has 1 rings (SSSR count). The van der Waals surface area contributed by atoms with Gasteiger partial charge in [0.05, 0.1) is 4.99 Å².